The Kier molecular flexibility index (Phi) is 10.2. The van der Waals surface area contributed by atoms with E-state index in [-0.39, 0.29) is 22.3 Å². The lowest BCUT2D eigenvalue weighted by Gasteiger charge is -2.33. The van der Waals surface area contributed by atoms with E-state index in [2.05, 4.69) is 19.6 Å². The fraction of sp³-hybridized carbons (Fsp3) is 0.353. The highest BCUT2D eigenvalue weighted by atomic mass is 32.2. The number of pyridine rings is 1. The van der Waals surface area contributed by atoms with E-state index in [0.717, 1.165) is 42.8 Å². The first-order chi connectivity index (χ1) is 21.9. The topological polar surface area (TPSA) is 150 Å². The largest absolute Gasteiger partial charge is 0.397 e. The number of carbonyl (C=O) groups excluding carboxylic acids is 1. The Morgan fingerprint density at radius 1 is 1.17 bits per heavy atom. The van der Waals surface area contributed by atoms with Gasteiger partial charge >= 0.3 is 0 Å². The average Bonchev–Trinajstić information content (AvgIpc) is 3.40. The smallest absolute Gasteiger partial charge is 0.240 e. The van der Waals surface area contributed by atoms with Crippen molar-refractivity contribution in [1.82, 2.24) is 24.6 Å². The third-order valence-electron chi connectivity index (χ3n) is 8.50. The number of Topliss-reactive ketones (excluding diaryl/α,β-unsaturated/α-hetero) is 1. The summed E-state index contributed by atoms with van der Waals surface area (Å²) in [6, 6.07) is 15.0. The van der Waals surface area contributed by atoms with Gasteiger partial charge in [-0.2, -0.15) is 0 Å². The molecule has 4 aromatic rings. The number of ketones is 1. The monoisotopic (exact) mass is 647 g/mol. The Morgan fingerprint density at radius 3 is 2.57 bits per heavy atom. The normalized spacial score (nSPS) is 15.1. The number of sulfonamides is 1. The first-order valence-electron chi connectivity index (χ1n) is 15.5. The lowest BCUT2D eigenvalue weighted by atomic mass is 9.96. The second-order valence-corrected chi connectivity index (χ2v) is 14.0. The molecule has 5 rings (SSSR count). The Balaban J connectivity index is 1.12. The minimum atomic E-state index is -3.63. The molecular formula is C34H42FN7O3S. The van der Waals surface area contributed by atoms with Crippen molar-refractivity contribution in [2.45, 2.75) is 38.5 Å². The van der Waals surface area contributed by atoms with Gasteiger partial charge in [0.25, 0.3) is 0 Å². The van der Waals surface area contributed by atoms with Crippen LogP contribution in [0.25, 0.3) is 27.7 Å². The highest BCUT2D eigenvalue weighted by Crippen LogP contribution is 2.30. The number of fused-ring (bicyclic) bond motifs is 1. The molecule has 0 unspecified atom stereocenters. The van der Waals surface area contributed by atoms with Gasteiger partial charge in [-0.1, -0.05) is 32.0 Å². The molecule has 1 aliphatic rings. The average molecular weight is 648 g/mol. The van der Waals surface area contributed by atoms with Crippen LogP contribution in [0.15, 0.2) is 71.9 Å². The molecule has 244 valence electrons. The summed E-state index contributed by atoms with van der Waals surface area (Å²) in [4.78, 5) is 22.8. The molecule has 0 amide bonds. The number of H-pyrrole nitrogens is 1. The van der Waals surface area contributed by atoms with E-state index in [4.69, 9.17) is 11.6 Å². The zero-order chi connectivity index (χ0) is 33.0. The van der Waals surface area contributed by atoms with Crippen LogP contribution in [0, 0.1) is 24.6 Å². The van der Waals surface area contributed by atoms with Crippen LogP contribution in [0.3, 0.4) is 0 Å². The van der Waals surface area contributed by atoms with Crippen molar-refractivity contribution in [1.29, 1.82) is 0 Å². The van der Waals surface area contributed by atoms with Gasteiger partial charge in [0.15, 0.2) is 5.78 Å². The molecule has 0 aliphatic carbocycles. The quantitative estimate of drug-likeness (QED) is 0.0987. The molecule has 46 heavy (non-hydrogen) atoms. The number of nitrogens with one attached hydrogen (secondary N) is 2. The summed E-state index contributed by atoms with van der Waals surface area (Å²) in [6.45, 7) is 8.62. The number of rotatable bonds is 12. The molecule has 1 fully saturated rings. The minimum Gasteiger partial charge on any atom is -0.397 e. The Labute approximate surface area is 269 Å². The van der Waals surface area contributed by atoms with Crippen LogP contribution in [-0.2, 0) is 10.0 Å². The third kappa shape index (κ3) is 7.64. The summed E-state index contributed by atoms with van der Waals surface area (Å²) in [5.74, 6) is 5.86. The van der Waals surface area contributed by atoms with Crippen LogP contribution >= 0.6 is 0 Å². The molecule has 2 aromatic heterocycles. The van der Waals surface area contributed by atoms with Crippen LogP contribution in [0.1, 0.15) is 48.4 Å². The number of aryl methyl sites for hydroxylation is 1. The molecule has 0 spiro atoms. The number of halogens is 1. The van der Waals surface area contributed by atoms with Crippen molar-refractivity contribution in [3.63, 3.8) is 0 Å². The zero-order valence-electron chi connectivity index (χ0n) is 26.5. The molecule has 10 nitrogen and oxygen atoms in total. The van der Waals surface area contributed by atoms with E-state index in [1.54, 1.807) is 56.6 Å². The van der Waals surface area contributed by atoms with Gasteiger partial charge in [-0.25, -0.2) is 23.4 Å². The first kappa shape index (κ1) is 33.3. The van der Waals surface area contributed by atoms with Crippen molar-refractivity contribution >= 4 is 32.4 Å². The molecular weight excluding hydrogens is 605 g/mol. The van der Waals surface area contributed by atoms with Crippen LogP contribution in [-0.4, -0.2) is 66.8 Å². The number of aromatic nitrogens is 2. The fourth-order valence-corrected chi connectivity index (χ4v) is 6.97. The number of likely N-dealkylation sites (tertiary alicyclic amines) is 1. The lowest BCUT2D eigenvalue weighted by Crippen LogP contribution is -2.42. The van der Waals surface area contributed by atoms with Crippen molar-refractivity contribution in [3.8, 4) is 11.1 Å². The lowest BCUT2D eigenvalue weighted by molar-refractivity contribution is 0.0935. The number of carbonyl (C=O) groups is 1. The van der Waals surface area contributed by atoms with Crippen LogP contribution in [0.5, 0.6) is 0 Å². The van der Waals surface area contributed by atoms with E-state index in [0.29, 0.717) is 47.7 Å². The number of piperidine rings is 1. The summed E-state index contributed by atoms with van der Waals surface area (Å²) >= 11 is 0. The van der Waals surface area contributed by atoms with Crippen LogP contribution in [0.4, 0.5) is 4.39 Å². The van der Waals surface area contributed by atoms with Gasteiger partial charge in [0, 0.05) is 65.7 Å². The second kappa shape index (κ2) is 14.1. The van der Waals surface area contributed by atoms with Gasteiger partial charge in [0.05, 0.1) is 16.3 Å². The Bertz CT molecular complexity index is 1830. The molecule has 0 atom stereocenters. The van der Waals surface area contributed by atoms with Crippen molar-refractivity contribution in [2.24, 2.45) is 23.4 Å². The van der Waals surface area contributed by atoms with E-state index < -0.39 is 15.8 Å². The van der Waals surface area contributed by atoms with Crippen LogP contribution in [0.2, 0.25) is 0 Å². The zero-order valence-corrected chi connectivity index (χ0v) is 27.3. The van der Waals surface area contributed by atoms with Crippen molar-refractivity contribution in [2.75, 3.05) is 32.7 Å². The van der Waals surface area contributed by atoms with Gasteiger partial charge in [0.1, 0.15) is 5.82 Å². The predicted octanol–water partition coefficient (Wildman–Crippen LogP) is 4.64. The highest BCUT2D eigenvalue weighted by Gasteiger charge is 2.24. The maximum Gasteiger partial charge on any atom is 0.240 e. The van der Waals surface area contributed by atoms with E-state index in [1.807, 2.05) is 19.1 Å². The van der Waals surface area contributed by atoms with Crippen molar-refractivity contribution < 1.29 is 17.6 Å². The molecule has 0 bridgehead atoms. The minimum absolute atomic E-state index is 0.116. The number of nitrogens with two attached hydrogens (primary N) is 2. The third-order valence-corrected chi connectivity index (χ3v) is 9.98. The van der Waals surface area contributed by atoms with Crippen molar-refractivity contribution in [3.05, 3.63) is 89.8 Å². The summed E-state index contributed by atoms with van der Waals surface area (Å²) in [6.07, 6.45) is 5.12. The first-order valence-corrected chi connectivity index (χ1v) is 17.0. The molecule has 1 aliphatic heterocycles. The number of nitrogens with zero attached hydrogens (tertiary/aromatic N) is 3. The molecule has 12 heteroatoms. The van der Waals surface area contributed by atoms with Gasteiger partial charge in [0.2, 0.25) is 10.0 Å². The molecule has 6 N–H and O–H groups in total. The molecule has 3 heterocycles. The highest BCUT2D eigenvalue weighted by molar-refractivity contribution is 7.89. The predicted molar refractivity (Wildman–Crippen MR) is 179 cm³/mol. The summed E-state index contributed by atoms with van der Waals surface area (Å²) in [5.41, 5.74) is 11.0. The maximum absolute atomic E-state index is 14.1. The van der Waals surface area contributed by atoms with Gasteiger partial charge in [-0.3, -0.25) is 9.78 Å². The standard InChI is InChI=1S/C34H42FN7O3S/c1-22(2)34(43)33-32(29-19-26(35)8-11-31(29)40-33)30(36)21-42(37)20-24-12-16-41(17-13-24)18-15-39-46(44,45)27-9-6-25(7-10-27)28-5-4-14-38-23(28)3/h4-11,14,19,21-22,24,39-40H,12-13,15-18,20,36-37H2,1-3H3/b30-21-. The fourth-order valence-electron chi connectivity index (χ4n) is 5.95. The van der Waals surface area contributed by atoms with Gasteiger partial charge < -0.3 is 20.6 Å². The second-order valence-electron chi connectivity index (χ2n) is 12.2. The van der Waals surface area contributed by atoms with Gasteiger partial charge in [-0.15, -0.1) is 0 Å². The van der Waals surface area contributed by atoms with Crippen LogP contribution < -0.4 is 16.3 Å². The van der Waals surface area contributed by atoms with E-state index in [9.17, 15) is 17.6 Å². The SMILES string of the molecule is Cc1ncccc1-c1ccc(S(=O)(=O)NCCN2CCC(CN(N)/C=C(\N)c3c(C(=O)C(C)C)[nH]c4ccc(F)cc34)CC2)cc1. The number of benzene rings is 2. The van der Waals surface area contributed by atoms with E-state index >= 15 is 0 Å². The summed E-state index contributed by atoms with van der Waals surface area (Å²) in [5, 5.41) is 2.07. The van der Waals surface area contributed by atoms with Gasteiger partial charge in [-0.05, 0) is 80.7 Å². The molecule has 0 radical (unpaired) electrons. The number of aromatic amines is 1. The number of hydrogen-bond acceptors (Lipinski definition) is 8. The summed E-state index contributed by atoms with van der Waals surface area (Å²) in [7, 11) is -3.63. The van der Waals surface area contributed by atoms with E-state index in [1.165, 1.54) is 17.1 Å². The maximum atomic E-state index is 14.1. The number of hydrazine groups is 1. The molecule has 0 saturated carbocycles. The Morgan fingerprint density at radius 2 is 1.89 bits per heavy atom. The molecule has 1 saturated heterocycles. The number of hydrogen-bond donors (Lipinski definition) is 4. The molecule has 2 aromatic carbocycles. The summed E-state index contributed by atoms with van der Waals surface area (Å²) < 4.78 is 42.6. The Hall–Kier alpha value is -4.10.